The van der Waals surface area contributed by atoms with Gasteiger partial charge in [-0.3, -0.25) is 0 Å². The first-order valence-corrected chi connectivity index (χ1v) is 18.5. The van der Waals surface area contributed by atoms with Crippen molar-refractivity contribution in [1.29, 1.82) is 0 Å². The molecular formula is C30H20Cl2N6Zr. The molecule has 8 aromatic rings. The monoisotopic (exact) mass is 624 g/mol. The molecule has 2 heterocycles. The van der Waals surface area contributed by atoms with E-state index < -0.39 is 20.8 Å². The molecule has 39 heavy (non-hydrogen) atoms. The predicted molar refractivity (Wildman–Crippen MR) is 156 cm³/mol. The van der Waals surface area contributed by atoms with Gasteiger partial charge in [-0.15, -0.1) is 103 Å². The second-order valence-corrected chi connectivity index (χ2v) is 12.4. The molecule has 0 saturated heterocycles. The van der Waals surface area contributed by atoms with Gasteiger partial charge in [-0.1, -0.05) is 36.4 Å². The van der Waals surface area contributed by atoms with E-state index in [4.69, 9.17) is 17.0 Å². The van der Waals surface area contributed by atoms with E-state index in [2.05, 4.69) is 68.9 Å². The minimum Gasteiger partial charge on any atom is -0.170 e. The zero-order chi connectivity index (χ0) is 26.6. The van der Waals surface area contributed by atoms with Crippen molar-refractivity contribution in [3.63, 3.8) is 0 Å². The third kappa shape index (κ3) is 5.57. The number of hydrogen-bond acceptors (Lipinski definition) is 4. The zero-order valence-corrected chi connectivity index (χ0v) is 24.5. The summed E-state index contributed by atoms with van der Waals surface area (Å²) in [6.45, 7) is 0. The van der Waals surface area contributed by atoms with Gasteiger partial charge in [0.1, 0.15) is 22.1 Å². The van der Waals surface area contributed by atoms with Gasteiger partial charge in [-0.2, -0.15) is 9.59 Å². The molecule has 0 spiro atoms. The molecule has 0 unspecified atom stereocenters. The normalized spacial score (nSPS) is 10.7. The number of rotatable bonds is 2. The van der Waals surface area contributed by atoms with Crippen LogP contribution < -0.4 is 0 Å². The maximum Gasteiger partial charge on any atom is 0.113 e. The van der Waals surface area contributed by atoms with Crippen LogP contribution in [-0.2, 0) is 20.8 Å². The number of nitrogens with zero attached hydrogens (tertiary/aromatic N) is 6. The molecule has 0 atom stereocenters. The van der Waals surface area contributed by atoms with Gasteiger partial charge in [0, 0.05) is 0 Å². The quantitative estimate of drug-likeness (QED) is 0.183. The fourth-order valence-corrected chi connectivity index (χ4v) is 4.45. The van der Waals surface area contributed by atoms with E-state index >= 15 is 0 Å². The molecule has 0 saturated carbocycles. The first kappa shape index (κ1) is 25.6. The standard InChI is InChI=1S/2C15H10N3.2ClH.Zr/c2*1-2-6-12-10-13(9-11(12)5-1)18-16-14-7-3-4-8-15(14)17-18;;;/h2*1-10H;2*1H;/q2*-1;;;+4/p-2. The molecule has 188 valence electrons. The molecule has 0 N–H and O–H groups in total. The SMILES string of the molecule is [Cl][Zr+2][Cl].c1ccc2[cH-]c(-n3nc4ccccc4n3)cc2c1.c1ccc2[cH-]c(-n3nc4ccccc4n3)cc2c1. The first-order chi connectivity index (χ1) is 19.2. The Hall–Kier alpha value is -3.64. The molecular weight excluding hydrogens is 607 g/mol. The van der Waals surface area contributed by atoms with Gasteiger partial charge >= 0.3 is 37.9 Å². The Morgan fingerprint density at radius 1 is 0.487 bits per heavy atom. The molecule has 0 amide bonds. The van der Waals surface area contributed by atoms with Crippen molar-refractivity contribution in [2.75, 3.05) is 0 Å². The van der Waals surface area contributed by atoms with Crippen LogP contribution >= 0.6 is 17.0 Å². The van der Waals surface area contributed by atoms with Crippen molar-refractivity contribution < 1.29 is 20.8 Å². The van der Waals surface area contributed by atoms with Crippen LogP contribution in [0.5, 0.6) is 0 Å². The third-order valence-corrected chi connectivity index (χ3v) is 6.24. The van der Waals surface area contributed by atoms with Crippen LogP contribution in [-0.4, -0.2) is 30.0 Å². The van der Waals surface area contributed by atoms with Crippen LogP contribution in [0.3, 0.4) is 0 Å². The van der Waals surface area contributed by atoms with Crippen LogP contribution in [0.25, 0.3) is 55.0 Å². The average molecular weight is 627 g/mol. The Kier molecular flexibility index (Phi) is 7.64. The van der Waals surface area contributed by atoms with E-state index in [-0.39, 0.29) is 0 Å². The molecule has 0 fully saturated rings. The Labute approximate surface area is 242 Å². The van der Waals surface area contributed by atoms with Gasteiger partial charge in [0.2, 0.25) is 0 Å². The molecule has 0 aliphatic rings. The van der Waals surface area contributed by atoms with Crippen LogP contribution in [0.2, 0.25) is 0 Å². The van der Waals surface area contributed by atoms with Crippen molar-refractivity contribution in [1.82, 2.24) is 30.0 Å². The summed E-state index contributed by atoms with van der Waals surface area (Å²) in [4.78, 5) is 3.40. The van der Waals surface area contributed by atoms with Crippen molar-refractivity contribution in [2.24, 2.45) is 0 Å². The third-order valence-electron chi connectivity index (χ3n) is 6.24. The summed E-state index contributed by atoms with van der Waals surface area (Å²) >= 11 is -0.826. The van der Waals surface area contributed by atoms with Crippen molar-refractivity contribution in [3.05, 3.63) is 121 Å². The number of halogens is 2. The summed E-state index contributed by atoms with van der Waals surface area (Å²) in [5, 5.41) is 22.8. The number of aromatic nitrogens is 6. The molecule has 6 aromatic carbocycles. The second kappa shape index (κ2) is 11.6. The fraction of sp³-hybridized carbons (Fsp3) is 0. The molecule has 0 aliphatic carbocycles. The zero-order valence-electron chi connectivity index (χ0n) is 20.5. The van der Waals surface area contributed by atoms with Crippen molar-refractivity contribution >= 4 is 60.6 Å². The Morgan fingerprint density at radius 2 is 0.795 bits per heavy atom. The summed E-state index contributed by atoms with van der Waals surface area (Å²) in [6, 6.07) is 40.8. The molecule has 0 bridgehead atoms. The predicted octanol–water partition coefficient (Wildman–Crippen LogP) is 7.96. The van der Waals surface area contributed by atoms with Crippen molar-refractivity contribution in [3.8, 4) is 11.4 Å². The number of fused-ring (bicyclic) bond motifs is 4. The summed E-state index contributed by atoms with van der Waals surface area (Å²) in [7, 11) is 9.87. The van der Waals surface area contributed by atoms with Crippen LogP contribution in [0.4, 0.5) is 0 Å². The summed E-state index contributed by atoms with van der Waals surface area (Å²) in [6.07, 6.45) is 0. The fourth-order valence-electron chi connectivity index (χ4n) is 4.45. The topological polar surface area (TPSA) is 61.4 Å². The summed E-state index contributed by atoms with van der Waals surface area (Å²) in [5.41, 5.74) is 5.69. The van der Waals surface area contributed by atoms with E-state index in [1.54, 1.807) is 9.59 Å². The van der Waals surface area contributed by atoms with E-state index in [0.717, 1.165) is 33.4 Å². The average Bonchev–Trinajstić information content (AvgIpc) is 3.76. The Bertz CT molecular complexity index is 1580. The Morgan fingerprint density at radius 3 is 1.13 bits per heavy atom. The van der Waals surface area contributed by atoms with Gasteiger partial charge in [-0.05, 0) is 35.6 Å². The summed E-state index contributed by atoms with van der Waals surface area (Å²) < 4.78 is 0. The smallest absolute Gasteiger partial charge is 0.113 e. The van der Waals surface area contributed by atoms with Gasteiger partial charge in [0.25, 0.3) is 0 Å². The van der Waals surface area contributed by atoms with E-state index in [1.165, 1.54) is 21.5 Å². The molecule has 0 aliphatic heterocycles. The van der Waals surface area contributed by atoms with Crippen LogP contribution in [0.1, 0.15) is 0 Å². The molecule has 8 rings (SSSR count). The Balaban J connectivity index is 0.000000129. The molecule has 9 heteroatoms. The van der Waals surface area contributed by atoms with E-state index in [9.17, 15) is 0 Å². The van der Waals surface area contributed by atoms with Crippen LogP contribution in [0, 0.1) is 0 Å². The van der Waals surface area contributed by atoms with Crippen LogP contribution in [0.15, 0.2) is 121 Å². The minimum absolute atomic E-state index is 0.826. The molecule has 6 nitrogen and oxygen atoms in total. The minimum atomic E-state index is -0.826. The summed E-state index contributed by atoms with van der Waals surface area (Å²) in [5.74, 6) is 0. The second-order valence-electron chi connectivity index (χ2n) is 8.71. The van der Waals surface area contributed by atoms with Gasteiger partial charge < -0.3 is 0 Å². The van der Waals surface area contributed by atoms with Gasteiger partial charge in [-0.25, -0.2) is 0 Å². The van der Waals surface area contributed by atoms with E-state index in [0.29, 0.717) is 0 Å². The van der Waals surface area contributed by atoms with Gasteiger partial charge in [0.05, 0.1) is 0 Å². The largest absolute Gasteiger partial charge is 0.170 e. The number of benzene rings is 4. The first-order valence-electron chi connectivity index (χ1n) is 12.1. The van der Waals surface area contributed by atoms with E-state index in [1.807, 2.05) is 72.8 Å². The molecule has 0 radical (unpaired) electrons. The van der Waals surface area contributed by atoms with Crippen molar-refractivity contribution in [2.45, 2.75) is 0 Å². The number of hydrogen-bond donors (Lipinski definition) is 0. The maximum absolute atomic E-state index is 4.93. The maximum atomic E-state index is 4.93. The molecule has 2 aromatic heterocycles. The van der Waals surface area contributed by atoms with Gasteiger partial charge in [0.15, 0.2) is 0 Å².